The molecule has 0 atom stereocenters. The van der Waals surface area contributed by atoms with Crippen molar-refractivity contribution >= 4 is 34.2 Å². The smallest absolute Gasteiger partial charge is 0.231 e. The summed E-state index contributed by atoms with van der Waals surface area (Å²) in [5, 5.41) is 0.652. The third kappa shape index (κ3) is 2.03. The summed E-state index contributed by atoms with van der Waals surface area (Å²) in [5.74, 6) is 2.54. The zero-order chi connectivity index (χ0) is 14.4. The summed E-state index contributed by atoms with van der Waals surface area (Å²) in [6.45, 7) is 0.251. The van der Waals surface area contributed by atoms with E-state index in [1.807, 2.05) is 41.0 Å². The molecule has 2 heterocycles. The van der Waals surface area contributed by atoms with Gasteiger partial charge in [-0.05, 0) is 30.3 Å². The summed E-state index contributed by atoms with van der Waals surface area (Å²) in [4.78, 5) is 4.54. The minimum atomic E-state index is 0.251. The van der Waals surface area contributed by atoms with Crippen LogP contribution in [0.5, 0.6) is 11.5 Å². The van der Waals surface area contributed by atoms with Crippen molar-refractivity contribution in [3.05, 3.63) is 47.2 Å². The highest BCUT2D eigenvalue weighted by atomic mass is 35.5. The molecule has 0 aliphatic carbocycles. The minimum Gasteiger partial charge on any atom is -0.454 e. The fraction of sp³-hybridized carbons (Fsp3) is 0.133. The van der Waals surface area contributed by atoms with Crippen molar-refractivity contribution in [3.63, 3.8) is 0 Å². The summed E-state index contributed by atoms with van der Waals surface area (Å²) in [6, 6.07) is 11.4. The number of nitrogens with zero attached hydrogens (tertiary/aromatic N) is 2. The van der Waals surface area contributed by atoms with Gasteiger partial charge in [0.2, 0.25) is 6.79 Å². The zero-order valence-electron chi connectivity index (χ0n) is 10.8. The lowest BCUT2D eigenvalue weighted by molar-refractivity contribution is 0.174. The molecule has 6 heteroatoms. The Balaban J connectivity index is 1.96. The Bertz CT molecular complexity index is 845. The van der Waals surface area contributed by atoms with Crippen molar-refractivity contribution < 1.29 is 9.47 Å². The highest BCUT2D eigenvalue weighted by Gasteiger charge is 2.17. The zero-order valence-corrected chi connectivity index (χ0v) is 12.4. The van der Waals surface area contributed by atoms with Gasteiger partial charge in [-0.3, -0.25) is 4.57 Å². The lowest BCUT2D eigenvalue weighted by Crippen LogP contribution is -1.99. The van der Waals surface area contributed by atoms with Crippen LogP contribution in [0.3, 0.4) is 0 Å². The third-order valence-corrected chi connectivity index (χ3v) is 3.89. The molecule has 0 saturated heterocycles. The van der Waals surface area contributed by atoms with Gasteiger partial charge in [-0.1, -0.05) is 11.6 Å². The molecule has 3 aromatic rings. The minimum absolute atomic E-state index is 0.251. The Hall–Kier alpha value is -1.91. The SMILES string of the molecule is ClCc1nc2cc(Cl)ccc2n1-c1ccc2c(c1)OCO2. The van der Waals surface area contributed by atoms with Crippen molar-refractivity contribution in [3.8, 4) is 17.2 Å². The Morgan fingerprint density at radius 1 is 1.10 bits per heavy atom. The molecule has 4 rings (SSSR count). The van der Waals surface area contributed by atoms with E-state index in [4.69, 9.17) is 32.7 Å². The van der Waals surface area contributed by atoms with Gasteiger partial charge in [0.25, 0.3) is 0 Å². The number of alkyl halides is 1. The lowest BCUT2D eigenvalue weighted by Gasteiger charge is -2.08. The highest BCUT2D eigenvalue weighted by molar-refractivity contribution is 6.31. The van der Waals surface area contributed by atoms with Crippen LogP contribution in [0.2, 0.25) is 5.02 Å². The summed E-state index contributed by atoms with van der Waals surface area (Å²) in [7, 11) is 0. The first kappa shape index (κ1) is 12.8. The lowest BCUT2D eigenvalue weighted by atomic mass is 10.2. The van der Waals surface area contributed by atoms with Crippen LogP contribution in [0, 0.1) is 0 Å². The first-order valence-electron chi connectivity index (χ1n) is 6.39. The number of rotatable bonds is 2. The van der Waals surface area contributed by atoms with Crippen LogP contribution in [0.25, 0.3) is 16.7 Å². The van der Waals surface area contributed by atoms with E-state index < -0.39 is 0 Å². The van der Waals surface area contributed by atoms with E-state index in [9.17, 15) is 0 Å². The number of fused-ring (bicyclic) bond motifs is 2. The standard InChI is InChI=1S/C15H10Cl2N2O2/c16-7-15-18-11-5-9(17)1-3-12(11)19(15)10-2-4-13-14(6-10)21-8-20-13/h1-6H,7-8H2. The van der Waals surface area contributed by atoms with Crippen LogP contribution in [-0.4, -0.2) is 16.3 Å². The van der Waals surface area contributed by atoms with E-state index in [1.54, 1.807) is 0 Å². The molecule has 4 nitrogen and oxygen atoms in total. The molecule has 0 fully saturated rings. The maximum atomic E-state index is 6.04. The molecule has 0 saturated carbocycles. The molecular weight excluding hydrogens is 311 g/mol. The second-order valence-electron chi connectivity index (χ2n) is 4.67. The number of hydrogen-bond donors (Lipinski definition) is 0. The van der Waals surface area contributed by atoms with Crippen molar-refractivity contribution in [2.45, 2.75) is 5.88 Å². The molecule has 2 aromatic carbocycles. The second kappa shape index (κ2) is 4.83. The van der Waals surface area contributed by atoms with Gasteiger partial charge in [-0.25, -0.2) is 4.98 Å². The predicted octanol–water partition coefficient (Wildman–Crippen LogP) is 4.15. The van der Waals surface area contributed by atoms with Crippen molar-refractivity contribution in [1.29, 1.82) is 0 Å². The summed E-state index contributed by atoms with van der Waals surface area (Å²) >= 11 is 12.1. The third-order valence-electron chi connectivity index (χ3n) is 3.42. The monoisotopic (exact) mass is 320 g/mol. The molecule has 0 unspecified atom stereocenters. The van der Waals surface area contributed by atoms with Crippen molar-refractivity contribution in [2.75, 3.05) is 6.79 Å². The predicted molar refractivity (Wildman–Crippen MR) is 81.8 cm³/mol. The van der Waals surface area contributed by atoms with Crippen LogP contribution < -0.4 is 9.47 Å². The molecule has 1 aliphatic rings. The fourth-order valence-corrected chi connectivity index (χ4v) is 2.85. The molecule has 1 aromatic heterocycles. The van der Waals surface area contributed by atoms with E-state index in [0.717, 1.165) is 34.0 Å². The maximum Gasteiger partial charge on any atom is 0.231 e. The molecule has 0 bridgehead atoms. The molecule has 0 amide bonds. The number of imidazole rings is 1. The van der Waals surface area contributed by atoms with Gasteiger partial charge in [0.1, 0.15) is 5.82 Å². The van der Waals surface area contributed by atoms with Crippen LogP contribution in [-0.2, 0) is 5.88 Å². The van der Waals surface area contributed by atoms with Gasteiger partial charge in [0.05, 0.1) is 22.6 Å². The van der Waals surface area contributed by atoms with Gasteiger partial charge in [0, 0.05) is 11.1 Å². The van der Waals surface area contributed by atoms with Gasteiger partial charge in [-0.2, -0.15) is 0 Å². The average molecular weight is 321 g/mol. The van der Waals surface area contributed by atoms with Crippen LogP contribution >= 0.6 is 23.2 Å². The Kier molecular flexibility index (Phi) is 2.94. The summed E-state index contributed by atoms with van der Waals surface area (Å²) in [5.41, 5.74) is 2.70. The molecular formula is C15H10Cl2N2O2. The van der Waals surface area contributed by atoms with Crippen LogP contribution in [0.15, 0.2) is 36.4 Å². The largest absolute Gasteiger partial charge is 0.454 e. The highest BCUT2D eigenvalue weighted by Crippen LogP contribution is 2.35. The van der Waals surface area contributed by atoms with Gasteiger partial charge >= 0.3 is 0 Å². The van der Waals surface area contributed by atoms with E-state index in [-0.39, 0.29) is 6.79 Å². The number of ether oxygens (including phenoxy) is 2. The Morgan fingerprint density at radius 3 is 2.81 bits per heavy atom. The normalized spacial score (nSPS) is 13.0. The van der Waals surface area contributed by atoms with E-state index in [1.165, 1.54) is 0 Å². The Labute approximate surface area is 130 Å². The quantitative estimate of drug-likeness (QED) is 0.665. The molecule has 0 N–H and O–H groups in total. The van der Waals surface area contributed by atoms with Gasteiger partial charge < -0.3 is 9.47 Å². The molecule has 21 heavy (non-hydrogen) atoms. The number of halogens is 2. The topological polar surface area (TPSA) is 36.3 Å². The first-order chi connectivity index (χ1) is 10.3. The number of aromatic nitrogens is 2. The number of hydrogen-bond acceptors (Lipinski definition) is 3. The summed E-state index contributed by atoms with van der Waals surface area (Å²) < 4.78 is 12.8. The van der Waals surface area contributed by atoms with Crippen molar-refractivity contribution in [2.24, 2.45) is 0 Å². The molecule has 1 aliphatic heterocycles. The van der Waals surface area contributed by atoms with Gasteiger partial charge in [-0.15, -0.1) is 11.6 Å². The van der Waals surface area contributed by atoms with E-state index in [0.29, 0.717) is 10.9 Å². The molecule has 0 radical (unpaired) electrons. The Morgan fingerprint density at radius 2 is 1.95 bits per heavy atom. The summed E-state index contributed by atoms with van der Waals surface area (Å²) in [6.07, 6.45) is 0. The van der Waals surface area contributed by atoms with Crippen LogP contribution in [0.4, 0.5) is 0 Å². The van der Waals surface area contributed by atoms with E-state index in [2.05, 4.69) is 4.98 Å². The van der Waals surface area contributed by atoms with E-state index >= 15 is 0 Å². The second-order valence-corrected chi connectivity index (χ2v) is 5.37. The maximum absolute atomic E-state index is 6.04. The van der Waals surface area contributed by atoms with Gasteiger partial charge in [0.15, 0.2) is 11.5 Å². The molecule has 106 valence electrons. The van der Waals surface area contributed by atoms with Crippen molar-refractivity contribution in [1.82, 2.24) is 9.55 Å². The first-order valence-corrected chi connectivity index (χ1v) is 7.30. The average Bonchev–Trinajstić information content (AvgIpc) is 3.09. The number of benzene rings is 2. The van der Waals surface area contributed by atoms with Crippen LogP contribution in [0.1, 0.15) is 5.82 Å². The fourth-order valence-electron chi connectivity index (χ4n) is 2.51. The molecule has 0 spiro atoms.